The molecule has 24 heavy (non-hydrogen) atoms. The molecule has 132 valence electrons. The standard InChI is InChI=1S/C13H12Cl2F3N3O3/c14-7-1-2-8(9(15)3-7)12(24)20-5-10(22)19-4-11(23)21-6-13(16,17)18/h1-3H,4-6H2,(H,19,22)(H,20,24)(H,21,23). The first kappa shape index (κ1) is 20.0. The molecule has 0 radical (unpaired) electrons. The highest BCUT2D eigenvalue weighted by atomic mass is 35.5. The second kappa shape index (κ2) is 8.74. The molecule has 0 heterocycles. The second-order valence-electron chi connectivity index (χ2n) is 4.48. The molecule has 0 spiro atoms. The Hall–Kier alpha value is -2.00. The van der Waals surface area contributed by atoms with Crippen molar-refractivity contribution < 1.29 is 27.6 Å². The largest absolute Gasteiger partial charge is 0.405 e. The summed E-state index contributed by atoms with van der Waals surface area (Å²) in [4.78, 5) is 34.3. The van der Waals surface area contributed by atoms with Gasteiger partial charge in [-0.2, -0.15) is 13.2 Å². The molecule has 1 aromatic carbocycles. The summed E-state index contributed by atoms with van der Waals surface area (Å²) < 4.78 is 35.6. The molecule has 0 saturated carbocycles. The van der Waals surface area contributed by atoms with E-state index in [4.69, 9.17) is 23.2 Å². The number of carbonyl (C=O) groups is 3. The molecule has 11 heteroatoms. The number of nitrogens with one attached hydrogen (secondary N) is 3. The monoisotopic (exact) mass is 385 g/mol. The molecular weight excluding hydrogens is 374 g/mol. The van der Waals surface area contributed by atoms with Crippen molar-refractivity contribution in [2.75, 3.05) is 19.6 Å². The Morgan fingerprint density at radius 1 is 0.958 bits per heavy atom. The van der Waals surface area contributed by atoms with Crippen LogP contribution in [0.4, 0.5) is 13.2 Å². The van der Waals surface area contributed by atoms with E-state index in [1.165, 1.54) is 18.2 Å². The highest BCUT2D eigenvalue weighted by Crippen LogP contribution is 2.20. The van der Waals surface area contributed by atoms with Crippen LogP contribution in [0.2, 0.25) is 10.0 Å². The van der Waals surface area contributed by atoms with Crippen molar-refractivity contribution in [1.82, 2.24) is 16.0 Å². The van der Waals surface area contributed by atoms with Crippen molar-refractivity contribution in [2.24, 2.45) is 0 Å². The van der Waals surface area contributed by atoms with Gasteiger partial charge in [0.2, 0.25) is 11.8 Å². The lowest BCUT2D eigenvalue weighted by molar-refractivity contribution is -0.138. The molecular formula is C13H12Cl2F3N3O3. The van der Waals surface area contributed by atoms with Crippen LogP contribution < -0.4 is 16.0 Å². The smallest absolute Gasteiger partial charge is 0.346 e. The van der Waals surface area contributed by atoms with E-state index in [0.717, 1.165) is 0 Å². The van der Waals surface area contributed by atoms with Crippen molar-refractivity contribution >= 4 is 40.9 Å². The lowest BCUT2D eigenvalue weighted by Crippen LogP contribution is -2.43. The zero-order valence-electron chi connectivity index (χ0n) is 12.0. The number of rotatable bonds is 6. The minimum absolute atomic E-state index is 0.0898. The van der Waals surface area contributed by atoms with Gasteiger partial charge in [0.05, 0.1) is 23.7 Å². The van der Waals surface area contributed by atoms with Crippen LogP contribution in [0, 0.1) is 0 Å². The molecule has 0 atom stereocenters. The van der Waals surface area contributed by atoms with Gasteiger partial charge in [-0.3, -0.25) is 14.4 Å². The van der Waals surface area contributed by atoms with Gasteiger partial charge in [-0.25, -0.2) is 0 Å². The van der Waals surface area contributed by atoms with E-state index in [1.807, 2.05) is 0 Å². The summed E-state index contributed by atoms with van der Waals surface area (Å²) in [7, 11) is 0. The van der Waals surface area contributed by atoms with E-state index in [9.17, 15) is 27.6 Å². The van der Waals surface area contributed by atoms with E-state index in [0.29, 0.717) is 5.02 Å². The predicted molar refractivity (Wildman–Crippen MR) is 80.9 cm³/mol. The summed E-state index contributed by atoms with van der Waals surface area (Å²) >= 11 is 11.5. The van der Waals surface area contributed by atoms with E-state index in [2.05, 4.69) is 10.6 Å². The maximum atomic E-state index is 11.9. The average Bonchev–Trinajstić information content (AvgIpc) is 2.47. The fraction of sp³-hybridized carbons (Fsp3) is 0.308. The Kier molecular flexibility index (Phi) is 7.30. The fourth-order valence-corrected chi connectivity index (χ4v) is 1.93. The van der Waals surface area contributed by atoms with Crippen LogP contribution in [0.3, 0.4) is 0 Å². The van der Waals surface area contributed by atoms with Crippen LogP contribution in [0.1, 0.15) is 10.4 Å². The first-order chi connectivity index (χ1) is 11.1. The zero-order chi connectivity index (χ0) is 18.3. The van der Waals surface area contributed by atoms with E-state index >= 15 is 0 Å². The molecule has 3 amide bonds. The normalized spacial score (nSPS) is 10.9. The minimum Gasteiger partial charge on any atom is -0.346 e. The molecule has 6 nitrogen and oxygen atoms in total. The Bertz CT molecular complexity index is 639. The Morgan fingerprint density at radius 3 is 2.12 bits per heavy atom. The zero-order valence-corrected chi connectivity index (χ0v) is 13.5. The third-order valence-electron chi connectivity index (χ3n) is 2.52. The van der Waals surface area contributed by atoms with E-state index < -0.39 is 43.5 Å². The Labute approximate surface area is 144 Å². The second-order valence-corrected chi connectivity index (χ2v) is 5.32. The average molecular weight is 386 g/mol. The topological polar surface area (TPSA) is 87.3 Å². The quantitative estimate of drug-likeness (QED) is 0.693. The summed E-state index contributed by atoms with van der Waals surface area (Å²) in [5.74, 6) is -2.41. The van der Waals surface area contributed by atoms with E-state index in [-0.39, 0.29) is 10.6 Å². The molecule has 0 aliphatic rings. The summed E-state index contributed by atoms with van der Waals surface area (Å²) in [5, 5.41) is 6.32. The van der Waals surface area contributed by atoms with Crippen LogP contribution >= 0.6 is 23.2 Å². The van der Waals surface area contributed by atoms with Crippen molar-refractivity contribution in [3.05, 3.63) is 33.8 Å². The molecule has 0 saturated heterocycles. The summed E-state index contributed by atoms with van der Waals surface area (Å²) in [5.41, 5.74) is 0.0942. The van der Waals surface area contributed by atoms with Gasteiger partial charge in [-0.1, -0.05) is 23.2 Å². The number of hydrogen-bond donors (Lipinski definition) is 3. The lowest BCUT2D eigenvalue weighted by atomic mass is 10.2. The number of halogens is 5. The predicted octanol–water partition coefficient (Wildman–Crippen LogP) is 1.52. The lowest BCUT2D eigenvalue weighted by Gasteiger charge is -2.10. The van der Waals surface area contributed by atoms with Crippen molar-refractivity contribution in [1.29, 1.82) is 0 Å². The van der Waals surface area contributed by atoms with Gasteiger partial charge in [0, 0.05) is 5.02 Å². The molecule has 0 aromatic heterocycles. The highest BCUT2D eigenvalue weighted by Gasteiger charge is 2.27. The van der Waals surface area contributed by atoms with Crippen LogP contribution in [0.5, 0.6) is 0 Å². The molecule has 0 aliphatic carbocycles. The van der Waals surface area contributed by atoms with E-state index in [1.54, 1.807) is 5.32 Å². The number of hydrogen-bond acceptors (Lipinski definition) is 3. The molecule has 0 aliphatic heterocycles. The third-order valence-corrected chi connectivity index (χ3v) is 3.07. The molecule has 1 aromatic rings. The number of benzene rings is 1. The SMILES string of the molecule is O=C(CNC(=O)CNC(=O)c1ccc(Cl)cc1Cl)NCC(F)(F)F. The molecule has 0 unspecified atom stereocenters. The van der Waals surface area contributed by atoms with Crippen LogP contribution in [0.15, 0.2) is 18.2 Å². The maximum Gasteiger partial charge on any atom is 0.405 e. The van der Waals surface area contributed by atoms with Crippen LogP contribution in [-0.2, 0) is 9.59 Å². The van der Waals surface area contributed by atoms with Crippen LogP contribution in [0.25, 0.3) is 0 Å². The molecule has 0 bridgehead atoms. The van der Waals surface area contributed by atoms with Crippen molar-refractivity contribution in [2.45, 2.75) is 6.18 Å². The Balaban J connectivity index is 2.35. The minimum atomic E-state index is -4.54. The fourth-order valence-electron chi connectivity index (χ4n) is 1.43. The summed E-state index contributed by atoms with van der Waals surface area (Å²) in [6, 6.07) is 4.15. The number of carbonyl (C=O) groups excluding carboxylic acids is 3. The number of amides is 3. The van der Waals surface area contributed by atoms with Crippen molar-refractivity contribution in [3.63, 3.8) is 0 Å². The van der Waals surface area contributed by atoms with Gasteiger partial charge >= 0.3 is 6.18 Å². The van der Waals surface area contributed by atoms with Crippen molar-refractivity contribution in [3.8, 4) is 0 Å². The van der Waals surface area contributed by atoms with Gasteiger partial charge in [-0.15, -0.1) is 0 Å². The van der Waals surface area contributed by atoms with Gasteiger partial charge in [0.1, 0.15) is 6.54 Å². The molecule has 3 N–H and O–H groups in total. The first-order valence-electron chi connectivity index (χ1n) is 6.42. The van der Waals surface area contributed by atoms with Gasteiger partial charge in [0.15, 0.2) is 0 Å². The van der Waals surface area contributed by atoms with Crippen LogP contribution in [-0.4, -0.2) is 43.5 Å². The highest BCUT2D eigenvalue weighted by molar-refractivity contribution is 6.36. The Morgan fingerprint density at radius 2 is 1.54 bits per heavy atom. The maximum absolute atomic E-state index is 11.9. The van der Waals surface area contributed by atoms with Gasteiger partial charge in [0.25, 0.3) is 5.91 Å². The summed E-state index contributed by atoms with van der Waals surface area (Å²) in [6.07, 6.45) is -4.54. The first-order valence-corrected chi connectivity index (χ1v) is 7.17. The van der Waals surface area contributed by atoms with Gasteiger partial charge < -0.3 is 16.0 Å². The van der Waals surface area contributed by atoms with Gasteiger partial charge in [-0.05, 0) is 18.2 Å². The number of alkyl halides is 3. The summed E-state index contributed by atoms with van der Waals surface area (Å²) in [6.45, 7) is -2.62. The molecule has 1 rings (SSSR count). The third kappa shape index (κ3) is 7.51. The molecule has 0 fully saturated rings.